The molecule has 6 nitrogen and oxygen atoms in total. The van der Waals surface area contributed by atoms with Crippen molar-refractivity contribution in [1.82, 2.24) is 20.0 Å². The number of pyridine rings is 2. The van der Waals surface area contributed by atoms with Crippen molar-refractivity contribution in [3.05, 3.63) is 60.2 Å². The maximum Gasteiger partial charge on any atom is 0.151 e. The second-order valence-electron chi connectivity index (χ2n) is 6.67. The molecule has 0 atom stereocenters. The Morgan fingerprint density at radius 3 is 2.85 bits per heavy atom. The van der Waals surface area contributed by atoms with Crippen LogP contribution in [0.3, 0.4) is 0 Å². The molecule has 0 bridgehead atoms. The van der Waals surface area contributed by atoms with Crippen LogP contribution in [-0.4, -0.2) is 46.2 Å². The molecule has 3 aromatic heterocycles. The van der Waals surface area contributed by atoms with E-state index in [0.717, 1.165) is 56.3 Å². The van der Waals surface area contributed by atoms with E-state index in [4.69, 9.17) is 4.52 Å². The van der Waals surface area contributed by atoms with Crippen LogP contribution in [0.25, 0.3) is 11.4 Å². The van der Waals surface area contributed by atoms with E-state index < -0.39 is 0 Å². The third-order valence-corrected chi connectivity index (χ3v) is 4.79. The number of aromatic nitrogens is 3. The Labute approximate surface area is 153 Å². The summed E-state index contributed by atoms with van der Waals surface area (Å²) < 4.78 is 5.54. The Kier molecular flexibility index (Phi) is 4.93. The molecule has 6 heteroatoms. The van der Waals surface area contributed by atoms with Crippen LogP contribution >= 0.6 is 0 Å². The normalized spacial score (nSPS) is 15.8. The third kappa shape index (κ3) is 3.75. The smallest absolute Gasteiger partial charge is 0.151 e. The summed E-state index contributed by atoms with van der Waals surface area (Å²) in [6.45, 7) is 7.03. The second-order valence-corrected chi connectivity index (χ2v) is 6.67. The molecular weight excluding hydrogens is 326 g/mol. The highest BCUT2D eigenvalue weighted by Gasteiger charge is 2.18. The van der Waals surface area contributed by atoms with Crippen molar-refractivity contribution in [3.8, 4) is 11.4 Å². The van der Waals surface area contributed by atoms with Gasteiger partial charge in [0.25, 0.3) is 0 Å². The molecule has 4 rings (SSSR count). The summed E-state index contributed by atoms with van der Waals surface area (Å²) in [6, 6.07) is 9.92. The monoisotopic (exact) mass is 349 g/mol. The molecule has 0 radical (unpaired) electrons. The molecule has 4 heterocycles. The lowest BCUT2D eigenvalue weighted by Crippen LogP contribution is -2.30. The fourth-order valence-corrected chi connectivity index (χ4v) is 3.43. The zero-order chi connectivity index (χ0) is 17.8. The van der Waals surface area contributed by atoms with Crippen molar-refractivity contribution >= 4 is 5.69 Å². The van der Waals surface area contributed by atoms with Crippen molar-refractivity contribution in [2.24, 2.45) is 0 Å². The summed E-state index contributed by atoms with van der Waals surface area (Å²) in [5.74, 6) is 0.888. The van der Waals surface area contributed by atoms with E-state index in [1.807, 2.05) is 36.7 Å². The van der Waals surface area contributed by atoms with Gasteiger partial charge in [0.05, 0.1) is 12.2 Å². The molecule has 0 amide bonds. The van der Waals surface area contributed by atoms with Crippen LogP contribution in [-0.2, 0) is 6.54 Å². The van der Waals surface area contributed by atoms with Crippen molar-refractivity contribution < 1.29 is 4.52 Å². The Morgan fingerprint density at radius 2 is 2.00 bits per heavy atom. The summed E-state index contributed by atoms with van der Waals surface area (Å²) >= 11 is 0. The van der Waals surface area contributed by atoms with Crippen LogP contribution in [0, 0.1) is 6.92 Å². The molecule has 0 saturated carbocycles. The molecular formula is C20H23N5O. The van der Waals surface area contributed by atoms with Crippen LogP contribution in [0.5, 0.6) is 0 Å². The Morgan fingerprint density at radius 1 is 1.04 bits per heavy atom. The first kappa shape index (κ1) is 16.7. The second kappa shape index (κ2) is 7.66. The highest BCUT2D eigenvalue weighted by molar-refractivity contribution is 5.53. The van der Waals surface area contributed by atoms with E-state index in [9.17, 15) is 0 Å². The zero-order valence-electron chi connectivity index (χ0n) is 15.0. The fraction of sp³-hybridized carbons (Fsp3) is 0.350. The van der Waals surface area contributed by atoms with Crippen molar-refractivity contribution in [1.29, 1.82) is 0 Å². The number of nitrogens with zero attached hydrogens (tertiary/aromatic N) is 5. The van der Waals surface area contributed by atoms with Crippen LogP contribution < -0.4 is 4.90 Å². The first-order valence-electron chi connectivity index (χ1n) is 9.04. The maximum absolute atomic E-state index is 5.54. The van der Waals surface area contributed by atoms with Gasteiger partial charge in [-0.2, -0.15) is 0 Å². The van der Waals surface area contributed by atoms with E-state index in [1.165, 1.54) is 11.3 Å². The van der Waals surface area contributed by atoms with E-state index >= 15 is 0 Å². The predicted molar refractivity (Wildman–Crippen MR) is 101 cm³/mol. The van der Waals surface area contributed by atoms with E-state index in [0.29, 0.717) is 0 Å². The van der Waals surface area contributed by atoms with Gasteiger partial charge in [-0.15, -0.1) is 0 Å². The van der Waals surface area contributed by atoms with Gasteiger partial charge < -0.3 is 9.42 Å². The van der Waals surface area contributed by atoms with Crippen molar-refractivity contribution in [3.63, 3.8) is 0 Å². The quantitative estimate of drug-likeness (QED) is 0.721. The van der Waals surface area contributed by atoms with Gasteiger partial charge in [-0.05, 0) is 37.1 Å². The average molecular weight is 349 g/mol. The van der Waals surface area contributed by atoms with Gasteiger partial charge in [0.15, 0.2) is 5.76 Å². The van der Waals surface area contributed by atoms with Gasteiger partial charge in [0.1, 0.15) is 5.69 Å². The summed E-state index contributed by atoms with van der Waals surface area (Å²) in [7, 11) is 0. The van der Waals surface area contributed by atoms with Crippen LogP contribution in [0.1, 0.15) is 17.7 Å². The topological polar surface area (TPSA) is 58.3 Å². The average Bonchev–Trinajstić information content (AvgIpc) is 3.02. The Bertz CT molecular complexity index is 848. The number of anilines is 1. The molecule has 0 unspecified atom stereocenters. The molecule has 0 aromatic carbocycles. The molecule has 134 valence electrons. The molecule has 0 aliphatic carbocycles. The molecule has 0 spiro atoms. The Hall–Kier alpha value is -2.73. The fourth-order valence-electron chi connectivity index (χ4n) is 3.43. The number of aryl methyl sites for hydroxylation is 1. The summed E-state index contributed by atoms with van der Waals surface area (Å²) in [6.07, 6.45) is 6.71. The number of rotatable bonds is 4. The molecule has 26 heavy (non-hydrogen) atoms. The number of hydrogen-bond donors (Lipinski definition) is 0. The number of hydrogen-bond acceptors (Lipinski definition) is 6. The summed E-state index contributed by atoms with van der Waals surface area (Å²) in [5.41, 5.74) is 4.16. The van der Waals surface area contributed by atoms with Crippen LogP contribution in [0.15, 0.2) is 53.4 Å². The lowest BCUT2D eigenvalue weighted by molar-refractivity contribution is 0.245. The largest absolute Gasteiger partial charge is 0.370 e. The molecule has 3 aromatic rings. The van der Waals surface area contributed by atoms with Gasteiger partial charge in [0, 0.05) is 56.5 Å². The predicted octanol–water partition coefficient (Wildman–Crippen LogP) is 3.15. The Balaban J connectivity index is 1.39. The minimum atomic E-state index is 0.781. The van der Waals surface area contributed by atoms with Crippen molar-refractivity contribution in [2.75, 3.05) is 31.1 Å². The SMILES string of the molecule is Cc1cnccc1N1CCCN(Cc2cc(-c3ccccn3)no2)CC1. The maximum atomic E-state index is 5.54. The highest BCUT2D eigenvalue weighted by Crippen LogP contribution is 2.21. The van der Waals surface area contributed by atoms with E-state index in [1.54, 1.807) is 6.20 Å². The molecule has 1 aliphatic heterocycles. The first-order chi connectivity index (χ1) is 12.8. The van der Waals surface area contributed by atoms with Gasteiger partial charge in [-0.1, -0.05) is 11.2 Å². The minimum Gasteiger partial charge on any atom is -0.370 e. The lowest BCUT2D eigenvalue weighted by Gasteiger charge is -2.24. The minimum absolute atomic E-state index is 0.781. The van der Waals surface area contributed by atoms with Crippen molar-refractivity contribution in [2.45, 2.75) is 19.9 Å². The van der Waals surface area contributed by atoms with Gasteiger partial charge in [0.2, 0.25) is 0 Å². The summed E-state index contributed by atoms with van der Waals surface area (Å²) in [4.78, 5) is 13.4. The zero-order valence-corrected chi connectivity index (χ0v) is 15.0. The van der Waals surface area contributed by atoms with Gasteiger partial charge >= 0.3 is 0 Å². The van der Waals surface area contributed by atoms with Crippen LogP contribution in [0.2, 0.25) is 0 Å². The van der Waals surface area contributed by atoms with E-state index in [2.05, 4.69) is 37.9 Å². The molecule has 1 saturated heterocycles. The lowest BCUT2D eigenvalue weighted by atomic mass is 10.2. The molecule has 1 aliphatic rings. The van der Waals surface area contributed by atoms with E-state index in [-0.39, 0.29) is 0 Å². The third-order valence-electron chi connectivity index (χ3n) is 4.79. The molecule has 1 fully saturated rings. The standard InChI is InChI=1S/C20H23N5O/c1-16-14-21-8-6-20(16)25-10-4-9-24(11-12-25)15-17-13-19(23-26-17)18-5-2-3-7-22-18/h2-3,5-8,13-14H,4,9-12,15H2,1H3. The van der Waals surface area contributed by atoms with Gasteiger partial charge in [-0.3, -0.25) is 14.9 Å². The molecule has 0 N–H and O–H groups in total. The first-order valence-corrected chi connectivity index (χ1v) is 9.04. The summed E-state index contributed by atoms with van der Waals surface area (Å²) in [5, 5.41) is 4.17. The van der Waals surface area contributed by atoms with Crippen LogP contribution in [0.4, 0.5) is 5.69 Å². The van der Waals surface area contributed by atoms with Gasteiger partial charge in [-0.25, -0.2) is 0 Å². The highest BCUT2D eigenvalue weighted by atomic mass is 16.5.